The van der Waals surface area contributed by atoms with Gasteiger partial charge in [0.25, 0.3) is 11.5 Å². The molecule has 0 saturated carbocycles. The van der Waals surface area contributed by atoms with Crippen molar-refractivity contribution in [3.8, 4) is 0 Å². The number of carbonyl (C=O) groups is 1. The maximum Gasteiger partial charge on any atom is 0.435 e. The lowest BCUT2D eigenvalue weighted by molar-refractivity contribution is -0.141. The predicted octanol–water partition coefficient (Wildman–Crippen LogP) is 4.35. The van der Waals surface area contributed by atoms with Gasteiger partial charge in [0.05, 0.1) is 18.7 Å². The van der Waals surface area contributed by atoms with Gasteiger partial charge in [0.2, 0.25) is 0 Å². The van der Waals surface area contributed by atoms with Crippen molar-refractivity contribution in [1.82, 2.24) is 29.0 Å². The van der Waals surface area contributed by atoms with Crippen LogP contribution >= 0.6 is 0 Å². The molecule has 0 bridgehead atoms. The highest BCUT2D eigenvalue weighted by atomic mass is 19.4. The molecule has 0 spiro atoms. The van der Waals surface area contributed by atoms with E-state index in [1.165, 1.54) is 6.07 Å². The summed E-state index contributed by atoms with van der Waals surface area (Å²) in [5.74, 6) is -0.859. The summed E-state index contributed by atoms with van der Waals surface area (Å²) in [6.45, 7) is 4.20. The lowest BCUT2D eigenvalue weighted by atomic mass is 10.1. The Morgan fingerprint density at radius 3 is 2.41 bits per heavy atom. The first kappa shape index (κ1) is 26.0. The zero-order valence-corrected chi connectivity index (χ0v) is 21.2. The molecule has 0 aliphatic heterocycles. The quantitative estimate of drug-likeness (QED) is 0.336. The Morgan fingerprint density at radius 2 is 1.72 bits per heavy atom. The van der Waals surface area contributed by atoms with E-state index in [9.17, 15) is 22.8 Å². The molecule has 0 unspecified atom stereocenters. The summed E-state index contributed by atoms with van der Waals surface area (Å²) in [5, 5.41) is 6.32. The Balaban J connectivity index is 1.33. The van der Waals surface area contributed by atoms with Crippen molar-refractivity contribution >= 4 is 11.6 Å². The molecule has 11 heteroatoms. The van der Waals surface area contributed by atoms with Crippen LogP contribution < -0.4 is 10.9 Å². The van der Waals surface area contributed by atoms with Crippen LogP contribution in [0.5, 0.6) is 0 Å². The van der Waals surface area contributed by atoms with Gasteiger partial charge in [-0.3, -0.25) is 14.3 Å². The fourth-order valence-electron chi connectivity index (χ4n) is 4.55. The lowest BCUT2D eigenvalue weighted by Crippen LogP contribution is -2.26. The normalized spacial score (nSPS) is 11.7. The summed E-state index contributed by atoms with van der Waals surface area (Å²) in [7, 11) is 0. The number of nitrogens with one attached hydrogen (secondary N) is 1. The largest absolute Gasteiger partial charge is 0.435 e. The summed E-state index contributed by atoms with van der Waals surface area (Å²) in [6.07, 6.45) is 1.45. The average Bonchev–Trinajstić information content (AvgIpc) is 3.54. The number of hydrogen-bond donors (Lipinski definition) is 1. The number of alkyl halides is 3. The fourth-order valence-corrected chi connectivity index (χ4v) is 4.55. The van der Waals surface area contributed by atoms with Crippen LogP contribution in [0.3, 0.4) is 0 Å². The van der Waals surface area contributed by atoms with Gasteiger partial charge in [-0.25, -0.2) is 4.98 Å². The van der Waals surface area contributed by atoms with Crippen molar-refractivity contribution in [2.45, 2.75) is 39.7 Å². The van der Waals surface area contributed by atoms with E-state index >= 15 is 0 Å². The summed E-state index contributed by atoms with van der Waals surface area (Å²) in [5.41, 5.74) is 2.92. The number of aromatic nitrogens is 5. The third-order valence-corrected chi connectivity index (χ3v) is 6.61. The minimum absolute atomic E-state index is 0.0391. The monoisotopic (exact) mass is 534 g/mol. The number of fused-ring (bicyclic) bond motifs is 1. The van der Waals surface area contributed by atoms with E-state index in [0.717, 1.165) is 38.9 Å². The smallest absolute Gasteiger partial charge is 0.348 e. The van der Waals surface area contributed by atoms with E-state index in [1.54, 1.807) is 59.6 Å². The fraction of sp³-hybridized carbons (Fsp3) is 0.214. The SMILES string of the molecule is Cc1cc2nccn2c(C)c1CNC(=O)c1cn(Cc2ccc(Cn3ccccc3=O)cc2)nc1C(F)(F)F. The second-order valence-corrected chi connectivity index (χ2v) is 9.30. The van der Waals surface area contributed by atoms with Crippen molar-refractivity contribution in [2.24, 2.45) is 0 Å². The van der Waals surface area contributed by atoms with Crippen molar-refractivity contribution in [1.29, 1.82) is 0 Å². The third-order valence-electron chi connectivity index (χ3n) is 6.61. The van der Waals surface area contributed by atoms with Gasteiger partial charge in [0, 0.05) is 43.1 Å². The predicted molar refractivity (Wildman–Crippen MR) is 138 cm³/mol. The van der Waals surface area contributed by atoms with Gasteiger partial charge < -0.3 is 14.3 Å². The number of imidazole rings is 1. The van der Waals surface area contributed by atoms with E-state index in [0.29, 0.717) is 12.1 Å². The molecule has 4 aromatic heterocycles. The van der Waals surface area contributed by atoms with Crippen LogP contribution in [0.25, 0.3) is 5.65 Å². The van der Waals surface area contributed by atoms with E-state index in [1.807, 2.05) is 24.3 Å². The van der Waals surface area contributed by atoms with Crippen LogP contribution in [0.1, 0.15) is 44.0 Å². The molecular weight excluding hydrogens is 509 g/mol. The van der Waals surface area contributed by atoms with Crippen molar-refractivity contribution < 1.29 is 18.0 Å². The standard InChI is InChI=1S/C28H25F3N6O2/c1-18-13-24-32-10-12-37(24)19(2)22(18)14-33-27(39)23-17-36(34-26(23)28(29,30)31)16-21-8-6-20(7-9-21)15-35-11-4-3-5-25(35)38/h3-13,17H,14-16H2,1-2H3,(H,33,39). The molecule has 1 amide bonds. The summed E-state index contributed by atoms with van der Waals surface area (Å²) in [4.78, 5) is 29.1. The van der Waals surface area contributed by atoms with Crippen molar-refractivity contribution in [2.75, 3.05) is 0 Å². The Labute approximate surface area is 221 Å². The third kappa shape index (κ3) is 5.47. The van der Waals surface area contributed by atoms with Crippen LogP contribution in [0.4, 0.5) is 13.2 Å². The molecule has 39 heavy (non-hydrogen) atoms. The van der Waals surface area contributed by atoms with E-state index < -0.39 is 23.3 Å². The Hall–Kier alpha value is -4.67. The van der Waals surface area contributed by atoms with Crippen LogP contribution in [0, 0.1) is 13.8 Å². The molecule has 0 saturated heterocycles. The number of benzene rings is 1. The van der Waals surface area contributed by atoms with Crippen molar-refractivity contribution in [3.05, 3.63) is 123 Å². The van der Waals surface area contributed by atoms with Gasteiger partial charge in [0.15, 0.2) is 5.69 Å². The highest BCUT2D eigenvalue weighted by Gasteiger charge is 2.39. The molecule has 5 rings (SSSR count). The van der Waals surface area contributed by atoms with Crippen LogP contribution in [0.2, 0.25) is 0 Å². The zero-order chi connectivity index (χ0) is 27.7. The first-order valence-corrected chi connectivity index (χ1v) is 12.2. The second kappa shape index (κ2) is 10.2. The second-order valence-electron chi connectivity index (χ2n) is 9.30. The van der Waals surface area contributed by atoms with Gasteiger partial charge >= 0.3 is 6.18 Å². The number of amides is 1. The first-order chi connectivity index (χ1) is 18.6. The lowest BCUT2D eigenvalue weighted by Gasteiger charge is -2.13. The Bertz CT molecular complexity index is 1710. The Kier molecular flexibility index (Phi) is 6.81. The molecule has 0 aliphatic carbocycles. The summed E-state index contributed by atoms with van der Waals surface area (Å²) >= 11 is 0. The number of hydrogen-bond acceptors (Lipinski definition) is 4. The molecule has 0 fully saturated rings. The molecule has 1 aromatic carbocycles. The van der Waals surface area contributed by atoms with Crippen LogP contribution in [0.15, 0.2) is 78.1 Å². The first-order valence-electron chi connectivity index (χ1n) is 12.2. The maximum atomic E-state index is 13.8. The van der Waals surface area contributed by atoms with Crippen LogP contribution in [-0.2, 0) is 25.8 Å². The van der Waals surface area contributed by atoms with Gasteiger partial charge in [-0.15, -0.1) is 0 Å². The van der Waals surface area contributed by atoms with Gasteiger partial charge in [-0.2, -0.15) is 18.3 Å². The number of nitrogens with zero attached hydrogens (tertiary/aromatic N) is 5. The Morgan fingerprint density at radius 1 is 1.00 bits per heavy atom. The number of carbonyl (C=O) groups excluding carboxylic acids is 1. The molecule has 200 valence electrons. The maximum absolute atomic E-state index is 13.8. The van der Waals surface area contributed by atoms with E-state index in [-0.39, 0.29) is 18.6 Å². The molecule has 0 atom stereocenters. The summed E-state index contributed by atoms with van der Waals surface area (Å²) < 4.78 is 45.9. The number of aryl methyl sites for hydroxylation is 2. The van der Waals surface area contributed by atoms with E-state index in [4.69, 9.17) is 0 Å². The minimum Gasteiger partial charge on any atom is -0.348 e. The summed E-state index contributed by atoms with van der Waals surface area (Å²) in [6, 6.07) is 13.9. The number of rotatable bonds is 7. The van der Waals surface area contributed by atoms with Gasteiger partial charge in [0.1, 0.15) is 5.65 Å². The minimum atomic E-state index is -4.80. The van der Waals surface area contributed by atoms with Crippen molar-refractivity contribution in [3.63, 3.8) is 0 Å². The van der Waals surface area contributed by atoms with E-state index in [2.05, 4.69) is 15.4 Å². The zero-order valence-electron chi connectivity index (χ0n) is 21.2. The molecule has 1 N–H and O–H groups in total. The molecular formula is C28H25F3N6O2. The van der Waals surface area contributed by atoms with Gasteiger partial charge in [-0.1, -0.05) is 30.3 Å². The topological polar surface area (TPSA) is 86.2 Å². The number of pyridine rings is 2. The average molecular weight is 535 g/mol. The van der Waals surface area contributed by atoms with Gasteiger partial charge in [-0.05, 0) is 48.2 Å². The number of halogens is 3. The molecule has 5 aromatic rings. The highest BCUT2D eigenvalue weighted by molar-refractivity contribution is 5.95. The molecule has 8 nitrogen and oxygen atoms in total. The molecule has 4 heterocycles. The molecule has 0 aliphatic rings. The van der Waals surface area contributed by atoms with Crippen LogP contribution in [-0.4, -0.2) is 29.6 Å². The molecule has 0 radical (unpaired) electrons. The highest BCUT2D eigenvalue weighted by Crippen LogP contribution is 2.31.